The number of hydrogen-bond acceptors (Lipinski definition) is 5. The topological polar surface area (TPSA) is 56.8 Å². The number of carbonyl (C=O) groups is 1. The molecule has 0 aromatic heterocycles. The number of aryl methyl sites for hydroxylation is 2. The number of ether oxygens (including phenoxy) is 3. The maximum atomic E-state index is 14.4. The molecule has 1 N–H and O–H groups in total. The molecule has 0 saturated carbocycles. The average Bonchev–Trinajstić information content (AvgIpc) is 3.08. The van der Waals surface area contributed by atoms with Crippen molar-refractivity contribution < 1.29 is 19.0 Å². The molecule has 1 atom stereocenters. The minimum atomic E-state index is -0.380. The van der Waals surface area contributed by atoms with E-state index in [9.17, 15) is 4.79 Å². The summed E-state index contributed by atoms with van der Waals surface area (Å²) in [5.41, 5.74) is 10.3. The second kappa shape index (κ2) is 15.8. The molecule has 1 unspecified atom stereocenters. The van der Waals surface area contributed by atoms with Crippen molar-refractivity contribution in [1.82, 2.24) is 0 Å². The van der Waals surface area contributed by atoms with Crippen molar-refractivity contribution in [2.75, 3.05) is 19.2 Å². The number of benzene rings is 5. The van der Waals surface area contributed by atoms with E-state index in [0.29, 0.717) is 11.5 Å². The third-order valence-corrected chi connectivity index (χ3v) is 8.72. The molecule has 0 heterocycles. The Kier molecular flexibility index (Phi) is 11.4. The summed E-state index contributed by atoms with van der Waals surface area (Å²) in [6.07, 6.45) is 0.0894. The highest BCUT2D eigenvalue weighted by atomic mass is 16.7. The molecule has 5 nitrogen and oxygen atoms in total. The smallest absolute Gasteiger partial charge is 0.313 e. The van der Waals surface area contributed by atoms with Gasteiger partial charge >= 0.3 is 5.97 Å². The van der Waals surface area contributed by atoms with E-state index in [-0.39, 0.29) is 37.1 Å². The Hall–Kier alpha value is -4.87. The summed E-state index contributed by atoms with van der Waals surface area (Å²) in [6, 6.07) is 36.4. The molecular formula is C43H47NO4. The lowest BCUT2D eigenvalue weighted by Gasteiger charge is -2.25. The molecule has 0 fully saturated rings. The number of hydrogen-bond donors (Lipinski definition) is 1. The molecule has 0 radical (unpaired) electrons. The highest BCUT2D eigenvalue weighted by Gasteiger charge is 2.27. The van der Waals surface area contributed by atoms with E-state index in [1.165, 1.54) is 11.1 Å². The second-order valence-corrected chi connectivity index (χ2v) is 12.9. The molecule has 0 aliphatic carbocycles. The van der Waals surface area contributed by atoms with Gasteiger partial charge in [-0.15, -0.1) is 0 Å². The molecule has 5 heteroatoms. The SMILES string of the molecule is COCOc1ccccc1NC(CC(=O)Oc1c(-c2ccccc2C(C)C)c(C)cc(C)c1-c1ccccc1C(C)C)c1ccccc1. The fourth-order valence-electron chi connectivity index (χ4n) is 6.46. The van der Waals surface area contributed by atoms with E-state index in [0.717, 1.165) is 44.6 Å². The summed E-state index contributed by atoms with van der Waals surface area (Å²) < 4.78 is 17.7. The summed E-state index contributed by atoms with van der Waals surface area (Å²) in [5.74, 6) is 1.48. The van der Waals surface area contributed by atoms with Gasteiger partial charge in [-0.1, -0.05) is 125 Å². The first-order chi connectivity index (χ1) is 23.2. The van der Waals surface area contributed by atoms with Gasteiger partial charge in [0.25, 0.3) is 0 Å². The monoisotopic (exact) mass is 641 g/mol. The highest BCUT2D eigenvalue weighted by molar-refractivity contribution is 5.91. The van der Waals surface area contributed by atoms with Crippen molar-refractivity contribution in [1.29, 1.82) is 0 Å². The van der Waals surface area contributed by atoms with E-state index < -0.39 is 0 Å². The summed E-state index contributed by atoms with van der Waals surface area (Å²) in [6.45, 7) is 13.1. The van der Waals surface area contributed by atoms with Crippen molar-refractivity contribution in [2.45, 2.75) is 65.8 Å². The van der Waals surface area contributed by atoms with Crippen LogP contribution < -0.4 is 14.8 Å². The van der Waals surface area contributed by atoms with Crippen molar-refractivity contribution in [3.63, 3.8) is 0 Å². The molecule has 5 aromatic carbocycles. The molecule has 0 aliphatic heterocycles. The number of para-hydroxylation sites is 2. The second-order valence-electron chi connectivity index (χ2n) is 12.9. The maximum Gasteiger partial charge on any atom is 0.313 e. The molecule has 0 saturated heterocycles. The summed E-state index contributed by atoms with van der Waals surface area (Å²) >= 11 is 0. The molecular weight excluding hydrogens is 594 g/mol. The minimum absolute atomic E-state index is 0.0894. The summed E-state index contributed by atoms with van der Waals surface area (Å²) in [7, 11) is 1.59. The fourth-order valence-corrected chi connectivity index (χ4v) is 6.46. The summed E-state index contributed by atoms with van der Waals surface area (Å²) in [5, 5.41) is 3.57. The molecule has 0 amide bonds. The lowest BCUT2D eigenvalue weighted by molar-refractivity contribution is -0.134. The van der Waals surface area contributed by atoms with E-state index in [4.69, 9.17) is 14.2 Å². The molecule has 0 bridgehead atoms. The predicted octanol–water partition coefficient (Wildman–Crippen LogP) is 11.0. The zero-order chi connectivity index (χ0) is 34.2. The normalized spacial score (nSPS) is 11.9. The van der Waals surface area contributed by atoms with Crippen LogP contribution in [0.3, 0.4) is 0 Å². The third-order valence-electron chi connectivity index (χ3n) is 8.72. The standard InChI is InChI=1S/C43H47NO4/c1-28(2)33-19-11-13-21-35(33)41-30(5)25-31(6)42(36-22-14-12-20-34(36)29(3)4)43(41)48-40(45)26-38(32-17-9-8-10-18-32)44-37-23-15-16-24-39(37)47-27-46-7/h8-25,28-29,38,44H,26-27H2,1-7H3. The quantitative estimate of drug-likeness (QED) is 0.0787. The van der Waals surface area contributed by atoms with Crippen molar-refractivity contribution in [3.05, 3.63) is 137 Å². The molecule has 248 valence electrons. The molecule has 5 rings (SSSR count). The van der Waals surface area contributed by atoms with Crippen LogP contribution in [0.4, 0.5) is 5.69 Å². The number of anilines is 1. The van der Waals surface area contributed by atoms with Crippen LogP contribution >= 0.6 is 0 Å². The first-order valence-electron chi connectivity index (χ1n) is 16.7. The van der Waals surface area contributed by atoms with Crippen molar-refractivity contribution in [2.24, 2.45) is 0 Å². The van der Waals surface area contributed by atoms with E-state index >= 15 is 0 Å². The zero-order valence-electron chi connectivity index (χ0n) is 29.2. The van der Waals surface area contributed by atoms with Crippen molar-refractivity contribution >= 4 is 11.7 Å². The summed E-state index contributed by atoms with van der Waals surface area (Å²) in [4.78, 5) is 14.4. The first kappa shape index (κ1) is 34.5. The van der Waals surface area contributed by atoms with E-state index in [1.807, 2.05) is 54.6 Å². The van der Waals surface area contributed by atoms with Gasteiger partial charge in [-0.2, -0.15) is 0 Å². The Balaban J connectivity index is 1.64. The lowest BCUT2D eigenvalue weighted by atomic mass is 9.84. The average molecular weight is 642 g/mol. The lowest BCUT2D eigenvalue weighted by Crippen LogP contribution is -2.20. The molecule has 0 aliphatic rings. The Morgan fingerprint density at radius 2 is 1.21 bits per heavy atom. The van der Waals surface area contributed by atoms with E-state index in [2.05, 4.69) is 101 Å². The van der Waals surface area contributed by atoms with Crippen LogP contribution in [-0.2, 0) is 9.53 Å². The first-order valence-corrected chi connectivity index (χ1v) is 16.7. The van der Waals surface area contributed by atoms with Gasteiger partial charge in [0.05, 0.1) is 18.2 Å². The van der Waals surface area contributed by atoms with Crippen molar-refractivity contribution in [3.8, 4) is 33.8 Å². The van der Waals surface area contributed by atoms with Crippen LogP contribution in [0.1, 0.15) is 79.8 Å². The van der Waals surface area contributed by atoms with Crippen LogP contribution in [0.25, 0.3) is 22.3 Å². The van der Waals surface area contributed by atoms with Gasteiger partial charge in [-0.05, 0) is 76.8 Å². The van der Waals surface area contributed by atoms with Gasteiger partial charge < -0.3 is 19.5 Å². The van der Waals surface area contributed by atoms with Crippen LogP contribution in [0.15, 0.2) is 109 Å². The molecule has 5 aromatic rings. The fraction of sp³-hybridized carbons (Fsp3) is 0.279. The Labute approximate surface area is 285 Å². The van der Waals surface area contributed by atoms with Crippen LogP contribution in [0.5, 0.6) is 11.5 Å². The molecule has 0 spiro atoms. The maximum absolute atomic E-state index is 14.4. The van der Waals surface area contributed by atoms with Gasteiger partial charge in [0.15, 0.2) is 6.79 Å². The van der Waals surface area contributed by atoms with Gasteiger partial charge in [-0.25, -0.2) is 0 Å². The number of methoxy groups -OCH3 is 1. The van der Waals surface area contributed by atoms with Gasteiger partial charge in [-0.3, -0.25) is 4.79 Å². The van der Waals surface area contributed by atoms with Gasteiger partial charge in [0, 0.05) is 18.2 Å². The van der Waals surface area contributed by atoms with Crippen LogP contribution in [0.2, 0.25) is 0 Å². The number of nitrogens with one attached hydrogen (secondary N) is 1. The zero-order valence-corrected chi connectivity index (χ0v) is 29.2. The number of rotatable bonds is 13. The largest absolute Gasteiger partial charge is 0.465 e. The molecule has 48 heavy (non-hydrogen) atoms. The Morgan fingerprint density at radius 3 is 1.77 bits per heavy atom. The Morgan fingerprint density at radius 1 is 0.688 bits per heavy atom. The predicted molar refractivity (Wildman–Crippen MR) is 197 cm³/mol. The van der Waals surface area contributed by atoms with Crippen LogP contribution in [-0.4, -0.2) is 19.9 Å². The highest BCUT2D eigenvalue weighted by Crippen LogP contribution is 2.47. The van der Waals surface area contributed by atoms with Gasteiger partial charge in [0.2, 0.25) is 0 Å². The van der Waals surface area contributed by atoms with E-state index in [1.54, 1.807) is 7.11 Å². The number of esters is 1. The van der Waals surface area contributed by atoms with Gasteiger partial charge in [0.1, 0.15) is 11.5 Å². The third kappa shape index (κ3) is 7.80. The number of carbonyl (C=O) groups excluding carboxylic acids is 1. The minimum Gasteiger partial charge on any atom is -0.465 e. The van der Waals surface area contributed by atoms with Crippen LogP contribution in [0, 0.1) is 13.8 Å². The Bertz CT molecular complexity index is 1770.